The third-order valence-electron chi connectivity index (χ3n) is 3.28. The van der Waals surface area contributed by atoms with Crippen LogP contribution in [0.4, 0.5) is 0 Å². The Morgan fingerprint density at radius 3 is 2.43 bits per heavy atom. The molecule has 23 heavy (non-hydrogen) atoms. The molecule has 2 aromatic rings. The van der Waals surface area contributed by atoms with Crippen molar-refractivity contribution in [3.8, 4) is 0 Å². The van der Waals surface area contributed by atoms with Crippen molar-refractivity contribution in [1.82, 2.24) is 10.9 Å². The number of amides is 2. The van der Waals surface area contributed by atoms with E-state index in [0.717, 1.165) is 16.0 Å². The standard InChI is InChI=1S/C18H20N2O2S/c1-13-8-9-16(14(2)12-13)18(22)20-19-17(21)10-11-23-15-6-4-3-5-7-15/h3-9,12H,10-11H2,1-2H3,(H,19,21)(H,20,22). The molecule has 0 fully saturated rings. The van der Waals surface area contributed by atoms with E-state index in [1.54, 1.807) is 17.8 Å². The van der Waals surface area contributed by atoms with Crippen molar-refractivity contribution >= 4 is 23.6 Å². The van der Waals surface area contributed by atoms with Crippen molar-refractivity contribution in [2.24, 2.45) is 0 Å². The Balaban J connectivity index is 1.74. The Labute approximate surface area is 140 Å². The fraction of sp³-hybridized carbons (Fsp3) is 0.222. The molecule has 0 saturated carbocycles. The van der Waals surface area contributed by atoms with Gasteiger partial charge in [0.2, 0.25) is 5.91 Å². The lowest BCUT2D eigenvalue weighted by molar-refractivity contribution is -0.121. The van der Waals surface area contributed by atoms with Gasteiger partial charge in [-0.2, -0.15) is 0 Å². The summed E-state index contributed by atoms with van der Waals surface area (Å²) < 4.78 is 0. The molecule has 2 rings (SSSR count). The van der Waals surface area contributed by atoms with E-state index in [1.807, 2.05) is 56.3 Å². The Bertz CT molecular complexity index is 687. The van der Waals surface area contributed by atoms with Gasteiger partial charge in [0.1, 0.15) is 0 Å². The van der Waals surface area contributed by atoms with Crippen molar-refractivity contribution in [2.75, 3.05) is 5.75 Å². The second kappa shape index (κ2) is 8.39. The fourth-order valence-electron chi connectivity index (χ4n) is 2.10. The molecule has 0 aliphatic carbocycles. The van der Waals surface area contributed by atoms with E-state index in [1.165, 1.54) is 0 Å². The number of carbonyl (C=O) groups excluding carboxylic acids is 2. The molecule has 0 spiro atoms. The number of nitrogens with one attached hydrogen (secondary N) is 2. The lowest BCUT2D eigenvalue weighted by atomic mass is 10.1. The molecule has 0 aromatic heterocycles. The summed E-state index contributed by atoms with van der Waals surface area (Å²) in [6, 6.07) is 15.5. The Hall–Kier alpha value is -2.27. The molecular formula is C18H20N2O2S. The van der Waals surface area contributed by atoms with E-state index in [9.17, 15) is 9.59 Å². The number of aryl methyl sites for hydroxylation is 2. The first kappa shape index (κ1) is 17.1. The molecule has 4 nitrogen and oxygen atoms in total. The monoisotopic (exact) mass is 328 g/mol. The van der Waals surface area contributed by atoms with Crippen LogP contribution in [0.3, 0.4) is 0 Å². The second-order valence-corrected chi connectivity index (χ2v) is 6.40. The first-order chi connectivity index (χ1) is 11.1. The van der Waals surface area contributed by atoms with Gasteiger partial charge in [0.05, 0.1) is 0 Å². The molecule has 2 N–H and O–H groups in total. The molecule has 0 unspecified atom stereocenters. The predicted octanol–water partition coefficient (Wildman–Crippen LogP) is 3.25. The van der Waals surface area contributed by atoms with E-state index in [2.05, 4.69) is 10.9 Å². The molecule has 0 aliphatic heterocycles. The largest absolute Gasteiger partial charge is 0.273 e. The van der Waals surface area contributed by atoms with Gasteiger partial charge in [-0.1, -0.05) is 35.9 Å². The summed E-state index contributed by atoms with van der Waals surface area (Å²) in [6.07, 6.45) is 0.340. The van der Waals surface area contributed by atoms with Crippen LogP contribution in [0, 0.1) is 13.8 Å². The maximum Gasteiger partial charge on any atom is 0.269 e. The molecule has 0 radical (unpaired) electrons. The zero-order valence-electron chi connectivity index (χ0n) is 13.3. The summed E-state index contributed by atoms with van der Waals surface area (Å²) in [5.41, 5.74) is 7.47. The molecule has 0 heterocycles. The average Bonchev–Trinajstić information content (AvgIpc) is 2.53. The van der Waals surface area contributed by atoms with E-state index < -0.39 is 0 Å². The Morgan fingerprint density at radius 2 is 1.74 bits per heavy atom. The SMILES string of the molecule is Cc1ccc(C(=O)NNC(=O)CCSc2ccccc2)c(C)c1. The van der Waals surface area contributed by atoms with Crippen LogP contribution in [0.5, 0.6) is 0 Å². The topological polar surface area (TPSA) is 58.2 Å². The van der Waals surface area contributed by atoms with Crippen molar-refractivity contribution in [1.29, 1.82) is 0 Å². The highest BCUT2D eigenvalue weighted by molar-refractivity contribution is 7.99. The van der Waals surface area contributed by atoms with Gasteiger partial charge in [-0.3, -0.25) is 20.4 Å². The van der Waals surface area contributed by atoms with Gasteiger partial charge >= 0.3 is 0 Å². The van der Waals surface area contributed by atoms with Crippen LogP contribution in [0.2, 0.25) is 0 Å². The van der Waals surface area contributed by atoms with Crippen molar-refractivity contribution in [3.63, 3.8) is 0 Å². The van der Waals surface area contributed by atoms with Gasteiger partial charge < -0.3 is 0 Å². The summed E-state index contributed by atoms with van der Waals surface area (Å²) in [7, 11) is 0. The van der Waals surface area contributed by atoms with E-state index in [-0.39, 0.29) is 11.8 Å². The van der Waals surface area contributed by atoms with Gasteiger partial charge in [0, 0.05) is 22.6 Å². The maximum absolute atomic E-state index is 12.0. The van der Waals surface area contributed by atoms with Crippen LogP contribution < -0.4 is 10.9 Å². The highest BCUT2D eigenvalue weighted by atomic mass is 32.2. The minimum atomic E-state index is -0.299. The fourth-order valence-corrected chi connectivity index (χ4v) is 2.98. The zero-order chi connectivity index (χ0) is 16.7. The maximum atomic E-state index is 12.0. The Morgan fingerprint density at radius 1 is 1.00 bits per heavy atom. The minimum Gasteiger partial charge on any atom is -0.273 e. The number of hydrazine groups is 1. The van der Waals surface area contributed by atoms with Gasteiger partial charge in [0.25, 0.3) is 5.91 Å². The molecule has 2 amide bonds. The molecule has 2 aromatic carbocycles. The lowest BCUT2D eigenvalue weighted by Crippen LogP contribution is -2.42. The van der Waals surface area contributed by atoms with Crippen molar-refractivity contribution in [3.05, 3.63) is 65.2 Å². The molecule has 0 bridgehead atoms. The van der Waals surface area contributed by atoms with Crippen LogP contribution >= 0.6 is 11.8 Å². The summed E-state index contributed by atoms with van der Waals surface area (Å²) >= 11 is 1.61. The summed E-state index contributed by atoms with van der Waals surface area (Å²) in [5, 5.41) is 0. The molecular weight excluding hydrogens is 308 g/mol. The lowest BCUT2D eigenvalue weighted by Gasteiger charge is -2.09. The van der Waals surface area contributed by atoms with E-state index in [4.69, 9.17) is 0 Å². The van der Waals surface area contributed by atoms with Crippen molar-refractivity contribution in [2.45, 2.75) is 25.2 Å². The summed E-state index contributed by atoms with van der Waals surface area (Å²) in [4.78, 5) is 24.9. The number of thioether (sulfide) groups is 1. The normalized spacial score (nSPS) is 10.2. The predicted molar refractivity (Wildman–Crippen MR) is 93.3 cm³/mol. The van der Waals surface area contributed by atoms with E-state index >= 15 is 0 Å². The summed E-state index contributed by atoms with van der Waals surface area (Å²) in [6.45, 7) is 3.85. The smallest absolute Gasteiger partial charge is 0.269 e. The third kappa shape index (κ3) is 5.45. The number of rotatable bonds is 5. The molecule has 120 valence electrons. The van der Waals surface area contributed by atoms with E-state index in [0.29, 0.717) is 17.7 Å². The minimum absolute atomic E-state index is 0.202. The number of benzene rings is 2. The van der Waals surface area contributed by atoms with Gasteiger partial charge in [-0.25, -0.2) is 0 Å². The van der Waals surface area contributed by atoms with Crippen LogP contribution in [0.1, 0.15) is 27.9 Å². The van der Waals surface area contributed by atoms with Crippen LogP contribution in [-0.4, -0.2) is 17.6 Å². The average molecular weight is 328 g/mol. The van der Waals surface area contributed by atoms with Crippen LogP contribution in [0.25, 0.3) is 0 Å². The van der Waals surface area contributed by atoms with Gasteiger partial charge in [-0.15, -0.1) is 11.8 Å². The second-order valence-electron chi connectivity index (χ2n) is 5.23. The quantitative estimate of drug-likeness (QED) is 0.654. The number of carbonyl (C=O) groups is 2. The van der Waals surface area contributed by atoms with Crippen molar-refractivity contribution < 1.29 is 9.59 Å². The molecule has 0 aliphatic rings. The van der Waals surface area contributed by atoms with Crippen LogP contribution in [0.15, 0.2) is 53.4 Å². The zero-order valence-corrected chi connectivity index (χ0v) is 14.1. The van der Waals surface area contributed by atoms with Gasteiger partial charge in [0.15, 0.2) is 0 Å². The third-order valence-corrected chi connectivity index (χ3v) is 4.30. The van der Waals surface area contributed by atoms with Gasteiger partial charge in [-0.05, 0) is 37.6 Å². The molecule has 0 atom stereocenters. The highest BCUT2D eigenvalue weighted by Crippen LogP contribution is 2.17. The molecule has 5 heteroatoms. The highest BCUT2D eigenvalue weighted by Gasteiger charge is 2.10. The first-order valence-corrected chi connectivity index (χ1v) is 8.39. The number of hydrogen-bond acceptors (Lipinski definition) is 3. The number of hydrogen-bond donors (Lipinski definition) is 2. The van der Waals surface area contributed by atoms with Crippen LogP contribution in [-0.2, 0) is 4.79 Å². The molecule has 0 saturated heterocycles. The Kier molecular flexibility index (Phi) is 6.23. The first-order valence-electron chi connectivity index (χ1n) is 7.40. The summed E-state index contributed by atoms with van der Waals surface area (Å²) in [5.74, 6) is 0.160.